The highest BCUT2D eigenvalue weighted by atomic mass is 79.9. The van der Waals surface area contributed by atoms with Gasteiger partial charge in [-0.1, -0.05) is 0 Å². The normalized spacial score (nSPS) is 10.9. The Morgan fingerprint density at radius 2 is 2.31 bits per heavy atom. The second-order valence-electron chi connectivity index (χ2n) is 3.31. The Balaban J connectivity index is 2.02. The summed E-state index contributed by atoms with van der Waals surface area (Å²) in [5.41, 5.74) is 0. The summed E-state index contributed by atoms with van der Waals surface area (Å²) in [7, 11) is 1.93. The van der Waals surface area contributed by atoms with Gasteiger partial charge in [-0.05, 0) is 48.1 Å². The van der Waals surface area contributed by atoms with Crippen LogP contribution >= 0.6 is 27.3 Å². The molecule has 86 valence electrons. The Morgan fingerprint density at radius 1 is 1.44 bits per heavy atom. The average Bonchev–Trinajstić information content (AvgIpc) is 2.87. The van der Waals surface area contributed by atoms with E-state index in [0.717, 1.165) is 28.0 Å². The van der Waals surface area contributed by atoms with Crippen molar-refractivity contribution in [2.24, 2.45) is 0 Å². The minimum Gasteiger partial charge on any atom is -0.420 e. The number of nitrogens with one attached hydrogen (secondary N) is 1. The molecule has 2 aromatic heterocycles. The van der Waals surface area contributed by atoms with E-state index in [-0.39, 0.29) is 0 Å². The highest BCUT2D eigenvalue weighted by molar-refractivity contribution is 9.11. The monoisotopic (exact) mass is 301 g/mol. The van der Waals surface area contributed by atoms with Gasteiger partial charge in [-0.25, -0.2) is 0 Å². The standard InChI is InChI=1S/C10H12BrN3OS/c1-12-6-2-3-9-13-14-10(15-9)7-4-5-8(11)16-7/h4-5,12H,2-3,6H2,1H3. The molecule has 0 fully saturated rings. The molecule has 0 saturated heterocycles. The zero-order chi connectivity index (χ0) is 11.4. The van der Waals surface area contributed by atoms with Crippen LogP contribution in [0.1, 0.15) is 12.3 Å². The summed E-state index contributed by atoms with van der Waals surface area (Å²) < 4.78 is 6.64. The number of aryl methyl sites for hydroxylation is 1. The van der Waals surface area contributed by atoms with Gasteiger partial charge in [0.05, 0.1) is 8.66 Å². The van der Waals surface area contributed by atoms with Crippen molar-refractivity contribution in [1.82, 2.24) is 15.5 Å². The van der Waals surface area contributed by atoms with Crippen molar-refractivity contribution >= 4 is 27.3 Å². The van der Waals surface area contributed by atoms with Gasteiger partial charge in [0.15, 0.2) is 0 Å². The van der Waals surface area contributed by atoms with Gasteiger partial charge in [-0.2, -0.15) is 0 Å². The third kappa shape index (κ3) is 2.90. The quantitative estimate of drug-likeness (QED) is 0.863. The summed E-state index contributed by atoms with van der Waals surface area (Å²) in [6, 6.07) is 3.95. The molecule has 16 heavy (non-hydrogen) atoms. The first kappa shape index (κ1) is 11.8. The number of nitrogens with zero attached hydrogens (tertiary/aromatic N) is 2. The number of hydrogen-bond acceptors (Lipinski definition) is 5. The zero-order valence-corrected chi connectivity index (χ0v) is 11.3. The van der Waals surface area contributed by atoms with Crippen LogP contribution in [0.15, 0.2) is 20.3 Å². The van der Waals surface area contributed by atoms with Crippen LogP contribution < -0.4 is 5.32 Å². The van der Waals surface area contributed by atoms with Gasteiger partial charge in [0, 0.05) is 6.42 Å². The molecule has 0 saturated carbocycles. The van der Waals surface area contributed by atoms with E-state index < -0.39 is 0 Å². The van der Waals surface area contributed by atoms with E-state index in [2.05, 4.69) is 31.4 Å². The molecule has 0 radical (unpaired) electrons. The smallest absolute Gasteiger partial charge is 0.257 e. The largest absolute Gasteiger partial charge is 0.420 e. The van der Waals surface area contributed by atoms with Crippen molar-refractivity contribution in [1.29, 1.82) is 0 Å². The summed E-state index contributed by atoms with van der Waals surface area (Å²) in [5.74, 6) is 1.31. The zero-order valence-electron chi connectivity index (χ0n) is 8.86. The Hall–Kier alpha value is -0.720. The number of rotatable bonds is 5. The van der Waals surface area contributed by atoms with E-state index in [1.807, 2.05) is 19.2 Å². The molecule has 0 aliphatic heterocycles. The Labute approximate surface area is 106 Å². The molecule has 2 rings (SSSR count). The number of hydrogen-bond donors (Lipinski definition) is 1. The maximum absolute atomic E-state index is 5.57. The minimum atomic E-state index is 0.607. The summed E-state index contributed by atoms with van der Waals surface area (Å²) >= 11 is 5.00. The number of thiophene rings is 1. The lowest BCUT2D eigenvalue weighted by molar-refractivity contribution is 0.495. The van der Waals surface area contributed by atoms with E-state index in [9.17, 15) is 0 Å². The molecular weight excluding hydrogens is 290 g/mol. The Morgan fingerprint density at radius 3 is 3.00 bits per heavy atom. The topological polar surface area (TPSA) is 51.0 Å². The van der Waals surface area contributed by atoms with Crippen LogP contribution in [-0.4, -0.2) is 23.8 Å². The molecule has 0 bridgehead atoms. The highest BCUT2D eigenvalue weighted by Crippen LogP contribution is 2.30. The van der Waals surface area contributed by atoms with Crippen molar-refractivity contribution in [3.63, 3.8) is 0 Å². The van der Waals surface area contributed by atoms with Crippen molar-refractivity contribution in [3.8, 4) is 10.8 Å². The third-order valence-electron chi connectivity index (χ3n) is 2.07. The van der Waals surface area contributed by atoms with Crippen molar-refractivity contribution in [2.45, 2.75) is 12.8 Å². The summed E-state index contributed by atoms with van der Waals surface area (Å²) in [4.78, 5) is 0.999. The third-order valence-corrected chi connectivity index (χ3v) is 3.68. The predicted octanol–water partition coefficient (Wildman–Crippen LogP) is 2.71. The fraction of sp³-hybridized carbons (Fsp3) is 0.400. The van der Waals surface area contributed by atoms with Crippen molar-refractivity contribution in [3.05, 3.63) is 21.8 Å². The minimum absolute atomic E-state index is 0.607. The van der Waals surface area contributed by atoms with Gasteiger partial charge >= 0.3 is 0 Å². The first-order valence-corrected chi connectivity index (χ1v) is 6.63. The fourth-order valence-electron chi connectivity index (χ4n) is 1.30. The average molecular weight is 302 g/mol. The number of aromatic nitrogens is 2. The SMILES string of the molecule is CNCCCc1nnc(-c2ccc(Br)s2)o1. The molecule has 1 N–H and O–H groups in total. The summed E-state index contributed by atoms with van der Waals surface area (Å²) in [6.45, 7) is 0.961. The molecular formula is C10H12BrN3OS. The van der Waals surface area contributed by atoms with Crippen molar-refractivity contribution < 1.29 is 4.42 Å². The number of halogens is 1. The summed E-state index contributed by atoms with van der Waals surface area (Å²) in [5, 5.41) is 11.1. The Kier molecular flexibility index (Phi) is 4.09. The Bertz CT molecular complexity index is 454. The van der Waals surface area contributed by atoms with Gasteiger partial charge in [0.1, 0.15) is 0 Å². The first-order valence-electron chi connectivity index (χ1n) is 5.02. The van der Waals surface area contributed by atoms with E-state index in [4.69, 9.17) is 4.42 Å². The van der Waals surface area contributed by atoms with E-state index >= 15 is 0 Å². The molecule has 4 nitrogen and oxygen atoms in total. The van der Waals surface area contributed by atoms with Gasteiger partial charge in [-0.3, -0.25) is 0 Å². The van der Waals surface area contributed by atoms with Gasteiger partial charge in [-0.15, -0.1) is 21.5 Å². The van der Waals surface area contributed by atoms with Crippen LogP contribution in [0.5, 0.6) is 0 Å². The van der Waals surface area contributed by atoms with Crippen LogP contribution in [-0.2, 0) is 6.42 Å². The lowest BCUT2D eigenvalue weighted by atomic mass is 10.3. The highest BCUT2D eigenvalue weighted by Gasteiger charge is 2.09. The molecule has 0 aromatic carbocycles. The molecule has 2 heterocycles. The maximum Gasteiger partial charge on any atom is 0.257 e. The van der Waals surface area contributed by atoms with Crippen LogP contribution in [0.2, 0.25) is 0 Å². The molecule has 0 aliphatic rings. The van der Waals surface area contributed by atoms with E-state index in [1.165, 1.54) is 0 Å². The second kappa shape index (κ2) is 5.56. The predicted molar refractivity (Wildman–Crippen MR) is 67.6 cm³/mol. The molecule has 0 spiro atoms. The first-order chi connectivity index (χ1) is 7.79. The van der Waals surface area contributed by atoms with Gasteiger partial charge in [0.2, 0.25) is 5.89 Å². The van der Waals surface area contributed by atoms with E-state index in [1.54, 1.807) is 11.3 Å². The molecule has 0 amide bonds. The van der Waals surface area contributed by atoms with Crippen LogP contribution in [0.4, 0.5) is 0 Å². The van der Waals surface area contributed by atoms with Gasteiger partial charge in [0.25, 0.3) is 5.89 Å². The van der Waals surface area contributed by atoms with Crippen LogP contribution in [0.25, 0.3) is 10.8 Å². The lowest BCUT2D eigenvalue weighted by Gasteiger charge is -1.94. The molecule has 0 aliphatic carbocycles. The maximum atomic E-state index is 5.57. The van der Waals surface area contributed by atoms with E-state index in [0.29, 0.717) is 11.8 Å². The summed E-state index contributed by atoms with van der Waals surface area (Å²) in [6.07, 6.45) is 1.83. The van der Waals surface area contributed by atoms with Crippen molar-refractivity contribution in [2.75, 3.05) is 13.6 Å². The molecule has 2 aromatic rings. The second-order valence-corrected chi connectivity index (χ2v) is 5.77. The van der Waals surface area contributed by atoms with Crippen LogP contribution in [0.3, 0.4) is 0 Å². The molecule has 0 unspecified atom stereocenters. The molecule has 6 heteroatoms. The lowest BCUT2D eigenvalue weighted by Crippen LogP contribution is -2.08. The van der Waals surface area contributed by atoms with Crippen LogP contribution in [0, 0.1) is 0 Å². The van der Waals surface area contributed by atoms with Gasteiger partial charge < -0.3 is 9.73 Å². The fourth-order valence-corrected chi connectivity index (χ4v) is 2.61. The molecule has 0 atom stereocenters.